The van der Waals surface area contributed by atoms with Crippen LogP contribution in [0, 0.1) is 6.92 Å². The van der Waals surface area contributed by atoms with Gasteiger partial charge in [-0.05, 0) is 43.0 Å². The van der Waals surface area contributed by atoms with Crippen LogP contribution in [0.4, 0.5) is 16.2 Å². The number of carbonyl (C=O) groups is 1. The monoisotopic (exact) mass is 502 g/mol. The summed E-state index contributed by atoms with van der Waals surface area (Å²) in [6, 6.07) is 15.5. The maximum Gasteiger partial charge on any atom is 0.322 e. The average molecular weight is 504 g/mol. The molecule has 1 saturated heterocycles. The Morgan fingerprint density at radius 3 is 2.45 bits per heavy atom. The summed E-state index contributed by atoms with van der Waals surface area (Å²) in [5, 5.41) is 4.66. The lowest BCUT2D eigenvalue weighted by atomic mass is 10.0. The highest BCUT2D eigenvalue weighted by molar-refractivity contribution is 6.38. The van der Waals surface area contributed by atoms with E-state index in [4.69, 9.17) is 34.8 Å². The fraction of sp³-hybridized carbons (Fsp3) is 0.280. The summed E-state index contributed by atoms with van der Waals surface area (Å²) in [5.74, 6) is 0. The van der Waals surface area contributed by atoms with E-state index in [0.29, 0.717) is 40.3 Å². The Morgan fingerprint density at radius 1 is 1.03 bits per heavy atom. The van der Waals surface area contributed by atoms with Crippen molar-refractivity contribution in [1.82, 2.24) is 9.88 Å². The number of aryl methyl sites for hydroxylation is 1. The summed E-state index contributed by atoms with van der Waals surface area (Å²) >= 11 is 19.2. The molecule has 0 bridgehead atoms. The van der Waals surface area contributed by atoms with Crippen molar-refractivity contribution in [3.63, 3.8) is 0 Å². The Bertz CT molecular complexity index is 1110. The predicted octanol–water partition coefficient (Wildman–Crippen LogP) is 6.71. The van der Waals surface area contributed by atoms with Gasteiger partial charge >= 0.3 is 6.03 Å². The van der Waals surface area contributed by atoms with Gasteiger partial charge in [0.05, 0.1) is 21.8 Å². The van der Waals surface area contributed by atoms with Gasteiger partial charge in [0.1, 0.15) is 0 Å². The van der Waals surface area contributed by atoms with Crippen LogP contribution in [0.3, 0.4) is 0 Å². The van der Waals surface area contributed by atoms with Crippen molar-refractivity contribution in [2.45, 2.75) is 25.8 Å². The molecule has 2 amide bonds. The summed E-state index contributed by atoms with van der Waals surface area (Å²) < 4.78 is 0. The maximum atomic E-state index is 13.4. The predicted molar refractivity (Wildman–Crippen MR) is 137 cm³/mol. The molecule has 33 heavy (non-hydrogen) atoms. The number of halogens is 3. The van der Waals surface area contributed by atoms with Crippen LogP contribution in [0.1, 0.15) is 17.5 Å². The second kappa shape index (κ2) is 10.6. The molecule has 1 unspecified atom stereocenters. The molecule has 1 aliphatic rings. The minimum absolute atomic E-state index is 0.0869. The lowest BCUT2D eigenvalue weighted by molar-refractivity contribution is 0.193. The van der Waals surface area contributed by atoms with E-state index in [2.05, 4.69) is 27.3 Å². The van der Waals surface area contributed by atoms with Gasteiger partial charge in [-0.25, -0.2) is 4.79 Å². The number of hydrogen-bond acceptors (Lipinski definition) is 3. The second-order valence-corrected chi connectivity index (χ2v) is 9.40. The number of anilines is 2. The smallest absolute Gasteiger partial charge is 0.322 e. The number of nitrogens with one attached hydrogen (secondary N) is 1. The first kappa shape index (κ1) is 23.7. The molecule has 1 N–H and O–H groups in total. The third-order valence-electron chi connectivity index (χ3n) is 5.84. The van der Waals surface area contributed by atoms with E-state index in [1.807, 2.05) is 42.2 Å². The summed E-state index contributed by atoms with van der Waals surface area (Å²) in [5.41, 5.74) is 3.56. The van der Waals surface area contributed by atoms with Crippen LogP contribution >= 0.6 is 34.8 Å². The molecule has 1 fully saturated rings. The molecule has 3 aromatic rings. The minimum Gasteiger partial charge on any atom is -0.367 e. The lowest BCUT2D eigenvalue weighted by Gasteiger charge is -2.33. The molecule has 2 aromatic carbocycles. The van der Waals surface area contributed by atoms with Crippen molar-refractivity contribution in [2.75, 3.05) is 29.9 Å². The first-order valence-electron chi connectivity index (χ1n) is 10.8. The zero-order chi connectivity index (χ0) is 23.4. The van der Waals surface area contributed by atoms with E-state index in [-0.39, 0.29) is 12.1 Å². The van der Waals surface area contributed by atoms with Crippen LogP contribution < -0.4 is 10.2 Å². The highest BCUT2D eigenvalue weighted by Crippen LogP contribution is 2.34. The molecule has 0 aliphatic carbocycles. The van der Waals surface area contributed by atoms with Gasteiger partial charge in [0.25, 0.3) is 0 Å². The Kier molecular flexibility index (Phi) is 7.63. The summed E-state index contributed by atoms with van der Waals surface area (Å²) in [4.78, 5) is 21.5. The van der Waals surface area contributed by atoms with Crippen LogP contribution in [0.25, 0.3) is 0 Å². The highest BCUT2D eigenvalue weighted by atomic mass is 35.5. The molecule has 0 spiro atoms. The zero-order valence-corrected chi connectivity index (χ0v) is 20.5. The Morgan fingerprint density at radius 2 is 1.76 bits per heavy atom. The number of hydrogen-bond donors (Lipinski definition) is 1. The molecule has 4 rings (SSSR count). The molecule has 1 atom stereocenters. The first-order chi connectivity index (χ1) is 15.9. The Balaban J connectivity index is 1.61. The van der Waals surface area contributed by atoms with Crippen LogP contribution in [-0.4, -0.2) is 41.6 Å². The molecule has 8 heteroatoms. The van der Waals surface area contributed by atoms with Crippen molar-refractivity contribution < 1.29 is 4.79 Å². The van der Waals surface area contributed by atoms with Crippen molar-refractivity contribution in [2.24, 2.45) is 0 Å². The Labute approximate surface area is 209 Å². The van der Waals surface area contributed by atoms with Gasteiger partial charge in [-0.15, -0.1) is 0 Å². The highest BCUT2D eigenvalue weighted by Gasteiger charge is 2.30. The molecular weight excluding hydrogens is 479 g/mol. The van der Waals surface area contributed by atoms with Crippen LogP contribution in [0.15, 0.2) is 60.9 Å². The topological polar surface area (TPSA) is 48.5 Å². The number of carbonyl (C=O) groups excluding carboxylic acids is 1. The molecule has 172 valence electrons. The maximum absolute atomic E-state index is 13.4. The van der Waals surface area contributed by atoms with Gasteiger partial charge in [0.2, 0.25) is 0 Å². The fourth-order valence-corrected chi connectivity index (χ4v) is 4.95. The van der Waals surface area contributed by atoms with Gasteiger partial charge in [-0.1, -0.05) is 71.2 Å². The molecule has 0 radical (unpaired) electrons. The van der Waals surface area contributed by atoms with Crippen LogP contribution in [0.5, 0.6) is 0 Å². The quantitative estimate of drug-likeness (QED) is 0.431. The van der Waals surface area contributed by atoms with Crippen molar-refractivity contribution in [3.8, 4) is 0 Å². The van der Waals surface area contributed by atoms with Gasteiger partial charge in [-0.3, -0.25) is 4.98 Å². The number of amides is 2. The molecule has 0 saturated carbocycles. The summed E-state index contributed by atoms with van der Waals surface area (Å²) in [6.07, 6.45) is 4.69. The van der Waals surface area contributed by atoms with Crippen molar-refractivity contribution in [3.05, 3.63) is 87.1 Å². The molecule has 2 heterocycles. The van der Waals surface area contributed by atoms with Crippen molar-refractivity contribution >= 4 is 52.2 Å². The minimum atomic E-state index is -0.148. The van der Waals surface area contributed by atoms with E-state index >= 15 is 0 Å². The van der Waals surface area contributed by atoms with E-state index in [1.54, 1.807) is 18.5 Å². The normalized spacial score (nSPS) is 16.4. The van der Waals surface area contributed by atoms with Crippen LogP contribution in [-0.2, 0) is 6.42 Å². The molecule has 1 aliphatic heterocycles. The number of rotatable bonds is 4. The zero-order valence-electron chi connectivity index (χ0n) is 18.3. The number of urea groups is 1. The molecular formula is C25H25Cl3N4O. The standard InChI is InChI=1S/C25H25Cl3N4O/c1-17-8-9-19(13-21(17)26)30-25(33)32-11-5-10-31(24-22(27)14-29-15-23(24)28)16-20(32)12-18-6-3-2-4-7-18/h2-4,6-9,13-15,20H,5,10-12,16H2,1H3,(H,30,33). The fourth-order valence-electron chi connectivity index (χ4n) is 4.16. The number of benzene rings is 2. The second-order valence-electron chi connectivity index (χ2n) is 8.18. The third kappa shape index (κ3) is 5.72. The van der Waals surface area contributed by atoms with E-state index in [9.17, 15) is 4.79 Å². The molecule has 5 nitrogen and oxygen atoms in total. The van der Waals surface area contributed by atoms with Crippen LogP contribution in [0.2, 0.25) is 15.1 Å². The van der Waals surface area contributed by atoms with E-state index in [1.165, 1.54) is 0 Å². The van der Waals surface area contributed by atoms with E-state index < -0.39 is 0 Å². The summed E-state index contributed by atoms with van der Waals surface area (Å²) in [6.45, 7) is 3.87. The molecule has 1 aromatic heterocycles. The first-order valence-corrected chi connectivity index (χ1v) is 12.0. The number of nitrogens with zero attached hydrogens (tertiary/aromatic N) is 3. The van der Waals surface area contributed by atoms with Gasteiger partial charge in [-0.2, -0.15) is 0 Å². The van der Waals surface area contributed by atoms with Crippen molar-refractivity contribution in [1.29, 1.82) is 0 Å². The van der Waals surface area contributed by atoms with Gasteiger partial charge < -0.3 is 15.1 Å². The van der Waals surface area contributed by atoms with Gasteiger partial charge in [0, 0.05) is 42.7 Å². The lowest BCUT2D eigenvalue weighted by Crippen LogP contribution is -2.47. The largest absolute Gasteiger partial charge is 0.367 e. The van der Waals surface area contributed by atoms with Gasteiger partial charge in [0.15, 0.2) is 0 Å². The Hall–Kier alpha value is -2.47. The summed E-state index contributed by atoms with van der Waals surface area (Å²) in [7, 11) is 0. The number of aromatic nitrogens is 1. The average Bonchev–Trinajstić information content (AvgIpc) is 2.99. The SMILES string of the molecule is Cc1ccc(NC(=O)N2CCCN(c3c(Cl)cncc3Cl)CC2Cc2ccccc2)cc1Cl. The van der Waals surface area contributed by atoms with E-state index in [0.717, 1.165) is 29.8 Å². The third-order valence-corrected chi connectivity index (χ3v) is 6.80. The number of pyridine rings is 1.